The van der Waals surface area contributed by atoms with Crippen LogP contribution in [0.2, 0.25) is 0 Å². The van der Waals surface area contributed by atoms with Gasteiger partial charge in [-0.3, -0.25) is 4.79 Å². The Hall–Kier alpha value is -3.48. The van der Waals surface area contributed by atoms with Crippen molar-refractivity contribution in [3.05, 3.63) is 71.7 Å². The highest BCUT2D eigenvalue weighted by molar-refractivity contribution is 6.03. The molecule has 1 aromatic carbocycles. The van der Waals surface area contributed by atoms with Gasteiger partial charge in [0.2, 0.25) is 5.95 Å². The molecule has 1 fully saturated rings. The Morgan fingerprint density at radius 3 is 2.45 bits per heavy atom. The number of benzene rings is 1. The molecule has 4 rings (SSSR count). The van der Waals surface area contributed by atoms with Gasteiger partial charge in [0.1, 0.15) is 11.5 Å². The maximum absolute atomic E-state index is 12.7. The highest BCUT2D eigenvalue weighted by atomic mass is 16.1. The van der Waals surface area contributed by atoms with E-state index in [2.05, 4.69) is 30.1 Å². The SMILES string of the molecule is Cc1ccc(NC(=O)c2ccnc(N3CCN(c4ccccn4)CC3)n2)c(C)c1. The smallest absolute Gasteiger partial charge is 0.274 e. The van der Waals surface area contributed by atoms with E-state index in [1.165, 1.54) is 0 Å². The number of anilines is 3. The molecule has 2 aromatic heterocycles. The average molecular weight is 388 g/mol. The first-order chi connectivity index (χ1) is 14.1. The van der Waals surface area contributed by atoms with Crippen LogP contribution in [0.3, 0.4) is 0 Å². The number of nitrogens with zero attached hydrogens (tertiary/aromatic N) is 5. The molecule has 148 valence electrons. The molecule has 7 heteroatoms. The Bertz CT molecular complexity index is 999. The Kier molecular flexibility index (Phi) is 5.37. The van der Waals surface area contributed by atoms with Gasteiger partial charge in [-0.2, -0.15) is 0 Å². The van der Waals surface area contributed by atoms with Gasteiger partial charge in [-0.25, -0.2) is 15.0 Å². The highest BCUT2D eigenvalue weighted by Crippen LogP contribution is 2.18. The van der Waals surface area contributed by atoms with Crippen LogP contribution in [-0.2, 0) is 0 Å². The van der Waals surface area contributed by atoms with Crippen LogP contribution < -0.4 is 15.1 Å². The molecule has 0 atom stereocenters. The summed E-state index contributed by atoms with van der Waals surface area (Å²) in [5.41, 5.74) is 3.35. The molecule has 7 nitrogen and oxygen atoms in total. The lowest BCUT2D eigenvalue weighted by molar-refractivity contribution is 0.102. The van der Waals surface area contributed by atoms with E-state index in [9.17, 15) is 4.79 Å². The number of amides is 1. The standard InChI is InChI=1S/C22H24N6O/c1-16-6-7-18(17(2)15-16)25-21(29)19-8-10-24-22(26-19)28-13-11-27(12-14-28)20-5-3-4-9-23-20/h3-10,15H,11-14H2,1-2H3,(H,25,29). The van der Waals surface area contributed by atoms with Gasteiger partial charge < -0.3 is 15.1 Å². The van der Waals surface area contributed by atoms with Crippen molar-refractivity contribution in [3.63, 3.8) is 0 Å². The van der Waals surface area contributed by atoms with Crippen LogP contribution >= 0.6 is 0 Å². The lowest BCUT2D eigenvalue weighted by Crippen LogP contribution is -2.47. The Balaban J connectivity index is 1.43. The number of carbonyl (C=O) groups is 1. The van der Waals surface area contributed by atoms with E-state index < -0.39 is 0 Å². The molecular weight excluding hydrogens is 364 g/mol. The zero-order chi connectivity index (χ0) is 20.2. The number of rotatable bonds is 4. The molecule has 3 heterocycles. The van der Waals surface area contributed by atoms with Crippen molar-refractivity contribution < 1.29 is 4.79 Å². The number of hydrogen-bond acceptors (Lipinski definition) is 6. The molecule has 0 saturated carbocycles. The summed E-state index contributed by atoms with van der Waals surface area (Å²) < 4.78 is 0. The van der Waals surface area contributed by atoms with E-state index in [-0.39, 0.29) is 5.91 Å². The van der Waals surface area contributed by atoms with Gasteiger partial charge in [0, 0.05) is 44.3 Å². The molecule has 29 heavy (non-hydrogen) atoms. The molecule has 0 aliphatic carbocycles. The zero-order valence-corrected chi connectivity index (χ0v) is 16.7. The third kappa shape index (κ3) is 4.34. The molecule has 0 spiro atoms. The van der Waals surface area contributed by atoms with Crippen LogP contribution in [0, 0.1) is 13.8 Å². The minimum Gasteiger partial charge on any atom is -0.353 e. The van der Waals surface area contributed by atoms with Gasteiger partial charge in [0.05, 0.1) is 0 Å². The molecule has 0 bridgehead atoms. The van der Waals surface area contributed by atoms with Crippen molar-refractivity contribution in [2.45, 2.75) is 13.8 Å². The van der Waals surface area contributed by atoms with E-state index in [0.29, 0.717) is 11.6 Å². The number of piperazine rings is 1. The molecule has 0 unspecified atom stereocenters. The van der Waals surface area contributed by atoms with Crippen LogP contribution in [0.4, 0.5) is 17.5 Å². The number of aromatic nitrogens is 3. The summed E-state index contributed by atoms with van der Waals surface area (Å²) in [5, 5.41) is 2.95. The van der Waals surface area contributed by atoms with E-state index in [0.717, 1.165) is 48.8 Å². The van der Waals surface area contributed by atoms with Crippen molar-refractivity contribution in [3.8, 4) is 0 Å². The Labute approximate surface area is 170 Å². The minimum atomic E-state index is -0.229. The first-order valence-electron chi connectivity index (χ1n) is 9.73. The van der Waals surface area contributed by atoms with Gasteiger partial charge in [-0.15, -0.1) is 0 Å². The van der Waals surface area contributed by atoms with Gasteiger partial charge in [0.25, 0.3) is 5.91 Å². The second-order valence-electron chi connectivity index (χ2n) is 7.18. The third-order valence-corrected chi connectivity index (χ3v) is 5.04. The van der Waals surface area contributed by atoms with Crippen LogP contribution in [-0.4, -0.2) is 47.0 Å². The third-order valence-electron chi connectivity index (χ3n) is 5.04. The first-order valence-corrected chi connectivity index (χ1v) is 9.73. The molecule has 0 radical (unpaired) electrons. The largest absolute Gasteiger partial charge is 0.353 e. The van der Waals surface area contributed by atoms with Gasteiger partial charge in [-0.05, 0) is 43.7 Å². The summed E-state index contributed by atoms with van der Waals surface area (Å²) >= 11 is 0. The summed E-state index contributed by atoms with van der Waals surface area (Å²) in [5.74, 6) is 1.33. The summed E-state index contributed by atoms with van der Waals surface area (Å²) in [4.78, 5) is 30.3. The number of aryl methyl sites for hydroxylation is 2. The van der Waals surface area contributed by atoms with Crippen molar-refractivity contribution in [2.24, 2.45) is 0 Å². The zero-order valence-electron chi connectivity index (χ0n) is 16.7. The Morgan fingerprint density at radius 1 is 0.931 bits per heavy atom. The predicted octanol–water partition coefficient (Wildman–Crippen LogP) is 3.07. The predicted molar refractivity (Wildman–Crippen MR) is 115 cm³/mol. The minimum absolute atomic E-state index is 0.229. The number of pyridine rings is 1. The van der Waals surface area contributed by atoms with Crippen molar-refractivity contribution in [1.82, 2.24) is 15.0 Å². The van der Waals surface area contributed by atoms with Gasteiger partial charge in [-0.1, -0.05) is 23.8 Å². The first kappa shape index (κ1) is 18.9. The fraction of sp³-hybridized carbons (Fsp3) is 0.273. The molecule has 1 aliphatic rings. The number of nitrogens with one attached hydrogen (secondary N) is 1. The maximum atomic E-state index is 12.7. The van der Waals surface area contributed by atoms with Crippen molar-refractivity contribution >= 4 is 23.4 Å². The summed E-state index contributed by atoms with van der Waals surface area (Å²) in [6, 6.07) is 13.5. The number of hydrogen-bond donors (Lipinski definition) is 1. The molecule has 1 aliphatic heterocycles. The summed E-state index contributed by atoms with van der Waals surface area (Å²) in [6.07, 6.45) is 3.45. The number of carbonyl (C=O) groups excluding carboxylic acids is 1. The van der Waals surface area contributed by atoms with Crippen LogP contribution in [0.5, 0.6) is 0 Å². The van der Waals surface area contributed by atoms with Crippen molar-refractivity contribution in [1.29, 1.82) is 0 Å². The monoisotopic (exact) mass is 388 g/mol. The average Bonchev–Trinajstić information content (AvgIpc) is 2.76. The van der Waals surface area contributed by atoms with Gasteiger partial charge >= 0.3 is 0 Å². The molecule has 1 amide bonds. The maximum Gasteiger partial charge on any atom is 0.274 e. The summed E-state index contributed by atoms with van der Waals surface area (Å²) in [6.45, 7) is 7.23. The second-order valence-corrected chi connectivity index (χ2v) is 7.18. The molecular formula is C22H24N6O. The lowest BCUT2D eigenvalue weighted by Gasteiger charge is -2.35. The normalized spacial score (nSPS) is 14.0. The van der Waals surface area contributed by atoms with Crippen molar-refractivity contribution in [2.75, 3.05) is 41.3 Å². The van der Waals surface area contributed by atoms with E-state index in [4.69, 9.17) is 0 Å². The molecule has 1 saturated heterocycles. The lowest BCUT2D eigenvalue weighted by atomic mass is 10.1. The summed E-state index contributed by atoms with van der Waals surface area (Å²) in [7, 11) is 0. The van der Waals surface area contributed by atoms with Crippen LogP contribution in [0.15, 0.2) is 54.9 Å². The van der Waals surface area contributed by atoms with Gasteiger partial charge in [0.15, 0.2) is 0 Å². The molecule has 1 N–H and O–H groups in total. The van der Waals surface area contributed by atoms with Crippen LogP contribution in [0.1, 0.15) is 21.6 Å². The van der Waals surface area contributed by atoms with E-state index in [1.54, 1.807) is 12.3 Å². The molecule has 3 aromatic rings. The topological polar surface area (TPSA) is 74.2 Å². The van der Waals surface area contributed by atoms with E-state index >= 15 is 0 Å². The highest BCUT2D eigenvalue weighted by Gasteiger charge is 2.21. The van der Waals surface area contributed by atoms with E-state index in [1.807, 2.05) is 56.4 Å². The quantitative estimate of drug-likeness (QED) is 0.740. The Morgan fingerprint density at radius 2 is 1.72 bits per heavy atom. The fourth-order valence-electron chi connectivity index (χ4n) is 3.44. The fourth-order valence-corrected chi connectivity index (χ4v) is 3.44. The van der Waals surface area contributed by atoms with Crippen LogP contribution in [0.25, 0.3) is 0 Å². The second kappa shape index (κ2) is 8.26.